The second-order valence-electron chi connectivity index (χ2n) is 9.40. The van der Waals surface area contributed by atoms with Crippen LogP contribution in [0.3, 0.4) is 0 Å². The van der Waals surface area contributed by atoms with Gasteiger partial charge in [-0.1, -0.05) is 17.7 Å². The Balaban J connectivity index is 1.54. The number of aliphatic imine (C=N–C) groups is 1. The van der Waals surface area contributed by atoms with E-state index in [1.807, 2.05) is 0 Å². The Morgan fingerprint density at radius 3 is 2.52 bits per heavy atom. The number of allylic oxidation sites excluding steroid dienone is 1. The summed E-state index contributed by atoms with van der Waals surface area (Å²) in [5.74, 6) is -4.58. The summed E-state index contributed by atoms with van der Waals surface area (Å²) in [7, 11) is 1.17. The van der Waals surface area contributed by atoms with Gasteiger partial charge >= 0.3 is 11.9 Å². The molecule has 1 saturated heterocycles. The van der Waals surface area contributed by atoms with E-state index in [9.17, 15) is 18.4 Å². The van der Waals surface area contributed by atoms with Crippen LogP contribution in [0.25, 0.3) is 0 Å². The molecule has 2 aliphatic rings. The minimum absolute atomic E-state index is 0.0176. The van der Waals surface area contributed by atoms with E-state index in [4.69, 9.17) is 16.3 Å². The zero-order valence-corrected chi connectivity index (χ0v) is 24.1. The molecule has 1 fully saturated rings. The van der Waals surface area contributed by atoms with E-state index in [0.29, 0.717) is 42.5 Å². The maximum absolute atomic E-state index is 15.2. The van der Waals surface area contributed by atoms with E-state index in [1.54, 1.807) is 23.4 Å². The molecule has 5 rings (SSSR count). The van der Waals surface area contributed by atoms with Crippen LogP contribution < -0.4 is 10.2 Å². The summed E-state index contributed by atoms with van der Waals surface area (Å²) in [6.45, 7) is 2.39. The van der Waals surface area contributed by atoms with Gasteiger partial charge in [-0.15, -0.1) is 11.3 Å². The van der Waals surface area contributed by atoms with Gasteiger partial charge in [-0.2, -0.15) is 0 Å². The molecule has 0 aliphatic carbocycles. The zero-order chi connectivity index (χ0) is 30.0. The number of halogens is 4. The molecule has 1 atom stereocenters. The van der Waals surface area contributed by atoms with Gasteiger partial charge in [-0.3, -0.25) is 4.99 Å². The van der Waals surface area contributed by atoms with E-state index >= 15 is 4.39 Å². The highest BCUT2D eigenvalue weighted by molar-refractivity contribution is 7.11. The van der Waals surface area contributed by atoms with Crippen LogP contribution in [0.1, 0.15) is 46.7 Å². The number of hydrogen-bond donors (Lipinski definition) is 1. The minimum atomic E-state index is -1.25. The van der Waals surface area contributed by atoms with Gasteiger partial charge in [-0.25, -0.2) is 32.7 Å². The number of hydrogen-bond acceptors (Lipinski definition) is 10. The van der Waals surface area contributed by atoms with Crippen molar-refractivity contribution in [2.24, 2.45) is 10.9 Å². The minimum Gasteiger partial charge on any atom is -0.465 e. The number of ether oxygens (including phenoxy) is 2. The Kier molecular flexibility index (Phi) is 8.78. The molecule has 14 heteroatoms. The number of carbonyl (C=O) groups is 2. The number of methoxy groups -OCH3 is 1. The highest BCUT2D eigenvalue weighted by Crippen LogP contribution is 2.41. The smallest absolute Gasteiger partial charge is 0.341 e. The molecule has 1 aromatic carbocycles. The highest BCUT2D eigenvalue weighted by atomic mass is 35.5. The third-order valence-corrected chi connectivity index (χ3v) is 8.21. The van der Waals surface area contributed by atoms with Crippen LogP contribution in [-0.2, 0) is 14.3 Å². The monoisotopic (exact) mass is 619 g/mol. The molecule has 42 heavy (non-hydrogen) atoms. The first-order valence-electron chi connectivity index (χ1n) is 13.0. The van der Waals surface area contributed by atoms with Gasteiger partial charge in [0.1, 0.15) is 11.6 Å². The molecule has 2 aromatic heterocycles. The Labute approximate surface area is 248 Å². The molecule has 0 amide bonds. The van der Waals surface area contributed by atoms with E-state index in [0.717, 1.165) is 6.07 Å². The SMILES string of the molecule is CCOC(=O)C1=C(C2CCN(c3nccc(C(=O)OC)c3F)CC2)NC(c2nccs2)=NC1c1ccc(F)c(F)c1Cl. The molecule has 1 N–H and O–H groups in total. The normalized spacial score (nSPS) is 17.5. The van der Waals surface area contributed by atoms with E-state index < -0.39 is 40.5 Å². The fourth-order valence-corrected chi connectivity index (χ4v) is 5.89. The third kappa shape index (κ3) is 5.58. The van der Waals surface area contributed by atoms with E-state index in [-0.39, 0.29) is 35.0 Å². The van der Waals surface area contributed by atoms with Crippen molar-refractivity contribution in [2.75, 3.05) is 31.7 Å². The lowest BCUT2D eigenvalue weighted by Crippen LogP contribution is -2.42. The van der Waals surface area contributed by atoms with Crippen LogP contribution >= 0.6 is 22.9 Å². The first-order valence-corrected chi connectivity index (χ1v) is 14.3. The maximum Gasteiger partial charge on any atom is 0.341 e. The lowest BCUT2D eigenvalue weighted by Gasteiger charge is -2.37. The van der Waals surface area contributed by atoms with E-state index in [1.165, 1.54) is 36.8 Å². The predicted molar refractivity (Wildman–Crippen MR) is 150 cm³/mol. The summed E-state index contributed by atoms with van der Waals surface area (Å²) in [6.07, 6.45) is 3.82. The van der Waals surface area contributed by atoms with Crippen molar-refractivity contribution in [3.8, 4) is 0 Å². The quantitative estimate of drug-likeness (QED) is 0.284. The highest BCUT2D eigenvalue weighted by Gasteiger charge is 2.38. The molecule has 4 heterocycles. The number of anilines is 1. The number of thiazole rings is 1. The number of amidine groups is 1. The van der Waals surface area contributed by atoms with Crippen molar-refractivity contribution >= 4 is 46.5 Å². The number of benzene rings is 1. The number of aromatic nitrogens is 2. The lowest BCUT2D eigenvalue weighted by atomic mass is 9.85. The topological polar surface area (TPSA) is 106 Å². The number of carbonyl (C=O) groups excluding carboxylic acids is 2. The first kappa shape index (κ1) is 29.5. The van der Waals surface area contributed by atoms with Crippen molar-refractivity contribution in [3.05, 3.63) is 85.9 Å². The molecule has 1 unspecified atom stereocenters. The van der Waals surface area contributed by atoms with Crippen LogP contribution in [0.5, 0.6) is 0 Å². The first-order chi connectivity index (χ1) is 20.2. The number of pyridine rings is 1. The average molecular weight is 620 g/mol. The van der Waals surface area contributed by atoms with Crippen molar-refractivity contribution in [3.63, 3.8) is 0 Å². The summed E-state index contributed by atoms with van der Waals surface area (Å²) in [4.78, 5) is 40.3. The van der Waals surface area contributed by atoms with Crippen LogP contribution in [0, 0.1) is 23.4 Å². The second-order valence-corrected chi connectivity index (χ2v) is 10.7. The van der Waals surface area contributed by atoms with Crippen LogP contribution in [0.2, 0.25) is 5.02 Å². The zero-order valence-electron chi connectivity index (χ0n) is 22.5. The number of esters is 2. The molecule has 0 saturated carbocycles. The fraction of sp³-hybridized carbons (Fsp3) is 0.321. The number of nitrogens with one attached hydrogen (secondary N) is 1. The summed E-state index contributed by atoms with van der Waals surface area (Å²) >= 11 is 7.56. The van der Waals surface area contributed by atoms with Gasteiger partial charge < -0.3 is 19.7 Å². The number of rotatable bonds is 7. The van der Waals surface area contributed by atoms with Crippen LogP contribution in [0.15, 0.2) is 52.2 Å². The molecule has 0 spiro atoms. The fourth-order valence-electron chi connectivity index (χ4n) is 5.05. The van der Waals surface area contributed by atoms with E-state index in [2.05, 4.69) is 25.0 Å². The molecule has 3 aromatic rings. The summed E-state index contributed by atoms with van der Waals surface area (Å²) in [6, 6.07) is 2.36. The Morgan fingerprint density at radius 2 is 1.86 bits per heavy atom. The predicted octanol–water partition coefficient (Wildman–Crippen LogP) is 5.22. The Morgan fingerprint density at radius 1 is 1.10 bits per heavy atom. The Hall–Kier alpha value is -3.97. The van der Waals surface area contributed by atoms with Gasteiger partial charge in [0, 0.05) is 48.0 Å². The standard InChI is InChI=1S/C28H25ClF3N5O4S/c1-3-41-28(39)18-22(14-7-11-37(12-8-14)25-20(31)16(6-9-33-25)27(38)40-2)35-24(26-34-10-13-42-26)36-23(18)15-4-5-17(30)21(32)19(15)29/h4-6,9-10,13-14,23H,3,7-8,11-12H2,1-2H3,(H,35,36). The van der Waals surface area contributed by atoms with Gasteiger partial charge in [0.2, 0.25) is 0 Å². The molecule has 0 bridgehead atoms. The second kappa shape index (κ2) is 12.5. The molecule has 9 nitrogen and oxygen atoms in total. The van der Waals surface area contributed by atoms with Crippen molar-refractivity contribution < 1.29 is 32.2 Å². The van der Waals surface area contributed by atoms with Crippen molar-refractivity contribution in [1.82, 2.24) is 15.3 Å². The number of piperidine rings is 1. The summed E-state index contributed by atoms with van der Waals surface area (Å²) < 4.78 is 53.8. The van der Waals surface area contributed by atoms with Gasteiger partial charge in [0.15, 0.2) is 34.1 Å². The summed E-state index contributed by atoms with van der Waals surface area (Å²) in [5, 5.41) is 5.03. The Bertz CT molecular complexity index is 1580. The van der Waals surface area contributed by atoms with Gasteiger partial charge in [0.25, 0.3) is 0 Å². The molecular weight excluding hydrogens is 595 g/mol. The summed E-state index contributed by atoms with van der Waals surface area (Å²) in [5.41, 5.74) is 0.466. The van der Waals surface area contributed by atoms with Crippen molar-refractivity contribution in [1.29, 1.82) is 0 Å². The molecule has 2 aliphatic heterocycles. The largest absolute Gasteiger partial charge is 0.465 e. The third-order valence-electron chi connectivity index (χ3n) is 7.04. The molecule has 220 valence electrons. The van der Waals surface area contributed by atoms with Gasteiger partial charge in [0.05, 0.1) is 24.3 Å². The van der Waals surface area contributed by atoms with Crippen LogP contribution in [0.4, 0.5) is 19.0 Å². The average Bonchev–Trinajstić information content (AvgIpc) is 3.55. The van der Waals surface area contributed by atoms with Crippen LogP contribution in [-0.4, -0.2) is 54.5 Å². The molecule has 0 radical (unpaired) electrons. The lowest BCUT2D eigenvalue weighted by molar-refractivity contribution is -0.139. The van der Waals surface area contributed by atoms with Crippen molar-refractivity contribution in [2.45, 2.75) is 25.8 Å². The molecular formula is C28H25ClF3N5O4S. The number of nitrogens with zero attached hydrogens (tertiary/aromatic N) is 4. The van der Waals surface area contributed by atoms with Gasteiger partial charge in [-0.05, 0) is 31.9 Å². The maximum atomic E-state index is 15.2.